The summed E-state index contributed by atoms with van der Waals surface area (Å²) < 4.78 is 28.6. The molecule has 5 nitrogen and oxygen atoms in total. The summed E-state index contributed by atoms with van der Waals surface area (Å²) in [6.45, 7) is 0. The normalized spacial score (nSPS) is 14.2. The van der Waals surface area contributed by atoms with Gasteiger partial charge in [-0.3, -0.25) is 4.79 Å². The van der Waals surface area contributed by atoms with Crippen molar-refractivity contribution in [3.05, 3.63) is 56.9 Å². The number of aromatic nitrogens is 3. The molecule has 134 valence electrons. The molecule has 2 aromatic heterocycles. The van der Waals surface area contributed by atoms with Crippen molar-refractivity contribution in [2.24, 2.45) is 0 Å². The molecule has 0 radical (unpaired) electrons. The van der Waals surface area contributed by atoms with Gasteiger partial charge in [-0.05, 0) is 37.1 Å². The minimum Gasteiger partial charge on any atom is -0.319 e. The maximum atomic E-state index is 13.4. The van der Waals surface area contributed by atoms with Crippen LogP contribution in [0.2, 0.25) is 5.02 Å². The molecule has 0 atom stereocenters. The van der Waals surface area contributed by atoms with Crippen LogP contribution in [0.25, 0.3) is 5.65 Å². The van der Waals surface area contributed by atoms with Crippen LogP contribution in [0.15, 0.2) is 34.8 Å². The first-order valence-corrected chi connectivity index (χ1v) is 9.04. The standard InChI is InChI=1S/C17H12BrClF2N4O/c18-9-3-4-11(10(19)5-9)23-17(26)13-7-15-22-12(8-1-2-8)6-14(16(20)21)25(15)24-13/h3-8,16H,1-2H2,(H,23,26). The number of rotatable bonds is 4. The zero-order valence-electron chi connectivity index (χ0n) is 13.2. The van der Waals surface area contributed by atoms with E-state index in [-0.39, 0.29) is 23.0 Å². The first-order valence-electron chi connectivity index (χ1n) is 7.87. The fourth-order valence-electron chi connectivity index (χ4n) is 2.65. The molecule has 26 heavy (non-hydrogen) atoms. The maximum Gasteiger partial charge on any atom is 0.280 e. The van der Waals surface area contributed by atoms with Crippen molar-refractivity contribution < 1.29 is 13.6 Å². The van der Waals surface area contributed by atoms with Crippen molar-refractivity contribution in [3.63, 3.8) is 0 Å². The van der Waals surface area contributed by atoms with E-state index < -0.39 is 12.3 Å². The Morgan fingerprint density at radius 3 is 2.73 bits per heavy atom. The topological polar surface area (TPSA) is 59.3 Å². The highest BCUT2D eigenvalue weighted by Crippen LogP contribution is 2.40. The lowest BCUT2D eigenvalue weighted by atomic mass is 10.2. The monoisotopic (exact) mass is 440 g/mol. The van der Waals surface area contributed by atoms with Gasteiger partial charge in [-0.25, -0.2) is 18.3 Å². The second-order valence-corrected chi connectivity index (χ2v) is 7.38. The third-order valence-corrected chi connectivity index (χ3v) is 4.91. The predicted octanol–water partition coefficient (Wildman–Crippen LogP) is 5.21. The molecule has 1 amide bonds. The first kappa shape index (κ1) is 17.4. The van der Waals surface area contributed by atoms with Crippen LogP contribution in [0, 0.1) is 0 Å². The SMILES string of the molecule is O=C(Nc1ccc(Br)cc1Cl)c1cc2nc(C3CC3)cc(C(F)F)n2n1. The minimum atomic E-state index is -2.71. The summed E-state index contributed by atoms with van der Waals surface area (Å²) in [7, 11) is 0. The number of halogens is 4. The van der Waals surface area contributed by atoms with Crippen LogP contribution in [-0.2, 0) is 0 Å². The van der Waals surface area contributed by atoms with Crippen LogP contribution in [0.5, 0.6) is 0 Å². The van der Waals surface area contributed by atoms with E-state index in [1.165, 1.54) is 12.1 Å². The van der Waals surface area contributed by atoms with Crippen molar-refractivity contribution in [3.8, 4) is 0 Å². The summed E-state index contributed by atoms with van der Waals surface area (Å²) in [6, 6.07) is 7.77. The van der Waals surface area contributed by atoms with Crippen molar-refractivity contribution in [2.45, 2.75) is 25.2 Å². The minimum absolute atomic E-state index is 0.00803. The van der Waals surface area contributed by atoms with Crippen LogP contribution in [0.4, 0.5) is 14.5 Å². The number of hydrogen-bond acceptors (Lipinski definition) is 3. The number of nitrogens with one attached hydrogen (secondary N) is 1. The van der Waals surface area contributed by atoms with Crippen LogP contribution >= 0.6 is 27.5 Å². The van der Waals surface area contributed by atoms with Gasteiger partial charge in [-0.15, -0.1) is 0 Å². The molecule has 1 N–H and O–H groups in total. The van der Waals surface area contributed by atoms with Crippen molar-refractivity contribution >= 4 is 44.8 Å². The molecule has 0 saturated heterocycles. The average Bonchev–Trinajstić information content (AvgIpc) is 3.35. The molecule has 2 heterocycles. The fraction of sp³-hybridized carbons (Fsp3) is 0.235. The van der Waals surface area contributed by atoms with Gasteiger partial charge in [0.15, 0.2) is 11.3 Å². The molecule has 0 bridgehead atoms. The molecular formula is C17H12BrClF2N4O. The van der Waals surface area contributed by atoms with Crippen LogP contribution in [-0.4, -0.2) is 20.5 Å². The van der Waals surface area contributed by atoms with Gasteiger partial charge in [-0.1, -0.05) is 27.5 Å². The Hall–Kier alpha value is -2.06. The molecular weight excluding hydrogens is 430 g/mol. The van der Waals surface area contributed by atoms with Gasteiger partial charge in [-0.2, -0.15) is 5.10 Å². The molecule has 0 aliphatic heterocycles. The number of nitrogens with zero attached hydrogens (tertiary/aromatic N) is 3. The van der Waals surface area contributed by atoms with E-state index in [9.17, 15) is 13.6 Å². The summed E-state index contributed by atoms with van der Waals surface area (Å²) >= 11 is 9.37. The third-order valence-electron chi connectivity index (χ3n) is 4.11. The number of anilines is 1. The highest BCUT2D eigenvalue weighted by molar-refractivity contribution is 9.10. The van der Waals surface area contributed by atoms with Crippen molar-refractivity contribution in [1.29, 1.82) is 0 Å². The van der Waals surface area contributed by atoms with E-state index in [0.717, 1.165) is 21.8 Å². The van der Waals surface area contributed by atoms with Crippen molar-refractivity contribution in [2.75, 3.05) is 5.32 Å². The van der Waals surface area contributed by atoms with Gasteiger partial charge in [0.1, 0.15) is 5.69 Å². The van der Waals surface area contributed by atoms with E-state index >= 15 is 0 Å². The van der Waals surface area contributed by atoms with E-state index in [2.05, 4.69) is 31.3 Å². The molecule has 1 aliphatic rings. The molecule has 0 unspecified atom stereocenters. The van der Waals surface area contributed by atoms with E-state index in [4.69, 9.17) is 11.6 Å². The average molecular weight is 442 g/mol. The number of fused-ring (bicyclic) bond motifs is 1. The third kappa shape index (κ3) is 3.31. The summed E-state index contributed by atoms with van der Waals surface area (Å²) in [4.78, 5) is 16.8. The summed E-state index contributed by atoms with van der Waals surface area (Å²) in [5.41, 5.74) is 0.981. The Morgan fingerprint density at radius 1 is 1.31 bits per heavy atom. The first-order chi connectivity index (χ1) is 12.4. The number of alkyl halides is 2. The number of carbonyl (C=O) groups is 1. The summed E-state index contributed by atoms with van der Waals surface area (Å²) in [5.74, 6) is -0.334. The largest absolute Gasteiger partial charge is 0.319 e. The molecule has 9 heteroatoms. The number of hydrogen-bond donors (Lipinski definition) is 1. The summed E-state index contributed by atoms with van der Waals surface area (Å²) in [6.07, 6.45) is -0.833. The van der Waals surface area contributed by atoms with Crippen LogP contribution in [0.1, 0.15) is 47.1 Å². The fourth-order valence-corrected chi connectivity index (χ4v) is 3.37. The summed E-state index contributed by atoms with van der Waals surface area (Å²) in [5, 5.41) is 6.98. The molecule has 1 saturated carbocycles. The van der Waals surface area contributed by atoms with Gasteiger partial charge in [0.2, 0.25) is 0 Å². The second kappa shape index (κ2) is 6.59. The quantitative estimate of drug-likeness (QED) is 0.604. The second-order valence-electron chi connectivity index (χ2n) is 6.06. The van der Waals surface area contributed by atoms with Gasteiger partial charge in [0.05, 0.1) is 10.7 Å². The van der Waals surface area contributed by atoms with E-state index in [1.54, 1.807) is 18.2 Å². The highest BCUT2D eigenvalue weighted by Gasteiger charge is 2.28. The molecule has 1 fully saturated rings. The van der Waals surface area contributed by atoms with Gasteiger partial charge < -0.3 is 5.32 Å². The van der Waals surface area contributed by atoms with Gasteiger partial charge >= 0.3 is 0 Å². The van der Waals surface area contributed by atoms with Gasteiger partial charge in [0.25, 0.3) is 12.3 Å². The zero-order valence-corrected chi connectivity index (χ0v) is 15.6. The Balaban J connectivity index is 1.70. The Kier molecular flexibility index (Phi) is 4.40. The predicted molar refractivity (Wildman–Crippen MR) is 97.0 cm³/mol. The highest BCUT2D eigenvalue weighted by atomic mass is 79.9. The molecule has 1 aliphatic carbocycles. The lowest BCUT2D eigenvalue weighted by Crippen LogP contribution is -2.13. The molecule has 4 rings (SSSR count). The van der Waals surface area contributed by atoms with E-state index in [0.29, 0.717) is 16.4 Å². The lowest BCUT2D eigenvalue weighted by molar-refractivity contribution is 0.102. The zero-order chi connectivity index (χ0) is 18.4. The lowest BCUT2D eigenvalue weighted by Gasteiger charge is -2.06. The smallest absolute Gasteiger partial charge is 0.280 e. The van der Waals surface area contributed by atoms with Crippen LogP contribution < -0.4 is 5.32 Å². The number of carbonyl (C=O) groups excluding carboxylic acids is 1. The Morgan fingerprint density at radius 2 is 2.08 bits per heavy atom. The van der Waals surface area contributed by atoms with Crippen LogP contribution in [0.3, 0.4) is 0 Å². The van der Waals surface area contributed by atoms with Crippen molar-refractivity contribution in [1.82, 2.24) is 14.6 Å². The molecule has 3 aromatic rings. The Bertz CT molecular complexity index is 1020. The van der Waals surface area contributed by atoms with Gasteiger partial charge in [0, 0.05) is 22.2 Å². The Labute approximate surface area is 160 Å². The molecule has 1 aromatic carbocycles. The maximum absolute atomic E-state index is 13.4. The van der Waals surface area contributed by atoms with E-state index in [1.807, 2.05) is 0 Å². The number of amides is 1. The number of benzene rings is 1. The molecule has 0 spiro atoms.